The maximum absolute atomic E-state index is 13.5. The number of nitrogens with zero attached hydrogens (tertiary/aromatic N) is 1. The fraction of sp³-hybridized carbons (Fsp3) is 0.346. The lowest BCUT2D eigenvalue weighted by atomic mass is 10.0. The van der Waals surface area contributed by atoms with Crippen molar-refractivity contribution in [2.75, 3.05) is 6.54 Å². The smallest absolute Gasteiger partial charge is 0.413 e. The highest BCUT2D eigenvalue weighted by Crippen LogP contribution is 2.26. The van der Waals surface area contributed by atoms with Gasteiger partial charge >= 0.3 is 6.09 Å². The second kappa shape index (κ2) is 12.2. The van der Waals surface area contributed by atoms with E-state index in [1.807, 2.05) is 30.3 Å². The zero-order chi connectivity index (χ0) is 26.3. The van der Waals surface area contributed by atoms with E-state index < -0.39 is 34.8 Å². The Morgan fingerprint density at radius 2 is 1.78 bits per heavy atom. The van der Waals surface area contributed by atoms with Crippen molar-refractivity contribution in [3.8, 4) is 11.5 Å². The van der Waals surface area contributed by atoms with E-state index in [2.05, 4.69) is 5.32 Å². The maximum atomic E-state index is 13.5. The number of hydrogen-bond acceptors (Lipinski definition) is 8. The lowest BCUT2D eigenvalue weighted by Crippen LogP contribution is -2.51. The standard InChI is InChI=1S/C26H30N2O8S/c29-20-10-12-23(13-11-20)37(32,33)28(36-21-8-4-5-9-21)17-25(30)24(16-19-6-2-1-3-7-19)27-26(31)35-22-14-15-34-18-22/h1-3,6-7,10-15,18,21,24-25,29-30H,4-5,8-9,16-17H2,(H,27,31)/t24-,25+/m0/s1. The van der Waals surface area contributed by atoms with E-state index in [1.165, 1.54) is 42.9 Å². The average Bonchev–Trinajstić information content (AvgIpc) is 3.58. The highest BCUT2D eigenvalue weighted by molar-refractivity contribution is 7.89. The number of hydrogen-bond donors (Lipinski definition) is 3. The van der Waals surface area contributed by atoms with E-state index in [4.69, 9.17) is 14.0 Å². The summed E-state index contributed by atoms with van der Waals surface area (Å²) in [6.07, 6.45) is 3.54. The number of aliphatic hydroxyl groups excluding tert-OH is 1. The molecule has 0 spiro atoms. The normalized spacial score (nSPS) is 15.9. The Bertz CT molecular complexity index is 1230. The molecule has 1 aromatic heterocycles. The molecular weight excluding hydrogens is 500 g/mol. The summed E-state index contributed by atoms with van der Waals surface area (Å²) < 4.78 is 37.8. The molecule has 4 rings (SSSR count). The molecular formula is C26H30N2O8S. The molecule has 1 saturated carbocycles. The Hall–Kier alpha value is -3.38. The molecule has 0 bridgehead atoms. The Morgan fingerprint density at radius 3 is 2.43 bits per heavy atom. The Labute approximate surface area is 215 Å². The third kappa shape index (κ3) is 7.32. The van der Waals surface area contributed by atoms with Gasteiger partial charge < -0.3 is 24.7 Å². The highest BCUT2D eigenvalue weighted by Gasteiger charge is 2.34. The number of hydroxylamine groups is 1. The first-order valence-corrected chi connectivity index (χ1v) is 13.5. The largest absolute Gasteiger partial charge is 0.508 e. The molecule has 10 nitrogen and oxygen atoms in total. The number of ether oxygens (including phenoxy) is 1. The zero-order valence-corrected chi connectivity index (χ0v) is 20.9. The molecule has 2 aromatic carbocycles. The molecule has 3 N–H and O–H groups in total. The van der Waals surface area contributed by atoms with E-state index in [0.717, 1.165) is 22.9 Å². The SMILES string of the molecule is O=C(N[C@@H](Cc1ccccc1)[C@H](O)CN(OC1CCCC1)S(=O)(=O)c1ccc(O)cc1)Oc1ccoc1. The summed E-state index contributed by atoms with van der Waals surface area (Å²) in [5.74, 6) is 0.108. The van der Waals surface area contributed by atoms with Crippen LogP contribution in [0.2, 0.25) is 0 Å². The van der Waals surface area contributed by atoms with Gasteiger partial charge in [0.1, 0.15) is 12.0 Å². The van der Waals surface area contributed by atoms with Gasteiger partial charge in [-0.25, -0.2) is 13.2 Å². The molecule has 3 aromatic rings. The molecule has 2 atom stereocenters. The molecule has 1 aliphatic rings. The van der Waals surface area contributed by atoms with Crippen LogP contribution in [0.5, 0.6) is 11.5 Å². The number of benzene rings is 2. The number of rotatable bonds is 11. The number of aliphatic hydroxyl groups is 1. The minimum atomic E-state index is -4.19. The van der Waals surface area contributed by atoms with Gasteiger partial charge in [0, 0.05) is 6.07 Å². The average molecular weight is 531 g/mol. The number of aromatic hydroxyl groups is 1. The molecule has 1 aliphatic carbocycles. The molecule has 0 saturated heterocycles. The van der Waals surface area contributed by atoms with Crippen molar-refractivity contribution in [2.45, 2.75) is 55.2 Å². The number of furan rings is 1. The van der Waals surface area contributed by atoms with E-state index in [9.17, 15) is 23.4 Å². The Kier molecular flexibility index (Phi) is 8.82. The van der Waals surface area contributed by atoms with Crippen LogP contribution in [0.3, 0.4) is 0 Å². The van der Waals surface area contributed by atoms with Crippen molar-refractivity contribution in [3.05, 3.63) is 78.8 Å². The second-order valence-corrected chi connectivity index (χ2v) is 10.7. The maximum Gasteiger partial charge on any atom is 0.413 e. The van der Waals surface area contributed by atoms with Gasteiger partial charge in [-0.2, -0.15) is 0 Å². The van der Waals surface area contributed by atoms with Crippen LogP contribution in [0.25, 0.3) is 0 Å². The van der Waals surface area contributed by atoms with Crippen LogP contribution in [0.15, 0.2) is 82.5 Å². The predicted molar refractivity (Wildman–Crippen MR) is 133 cm³/mol. The third-order valence-corrected chi connectivity index (χ3v) is 7.72. The van der Waals surface area contributed by atoms with Crippen molar-refractivity contribution in [3.63, 3.8) is 0 Å². The van der Waals surface area contributed by atoms with Crippen LogP contribution in [0, 0.1) is 0 Å². The summed E-state index contributed by atoms with van der Waals surface area (Å²) in [4.78, 5) is 18.4. The summed E-state index contributed by atoms with van der Waals surface area (Å²) in [7, 11) is -4.19. The number of sulfonamides is 1. The Balaban J connectivity index is 1.56. The molecule has 198 valence electrons. The molecule has 1 heterocycles. The van der Waals surface area contributed by atoms with E-state index in [1.54, 1.807) is 0 Å². The van der Waals surface area contributed by atoms with E-state index in [0.29, 0.717) is 12.8 Å². The number of nitrogens with one attached hydrogen (secondary N) is 1. The van der Waals surface area contributed by atoms with Gasteiger partial charge in [-0.05, 0) is 49.1 Å². The summed E-state index contributed by atoms with van der Waals surface area (Å²) in [6.45, 7) is -0.441. The van der Waals surface area contributed by atoms with Crippen molar-refractivity contribution in [1.29, 1.82) is 0 Å². The summed E-state index contributed by atoms with van der Waals surface area (Å²) in [6, 6.07) is 14.8. The number of phenolic OH excluding ortho intramolecular Hbond substituents is 1. The van der Waals surface area contributed by atoms with Gasteiger partial charge in [-0.3, -0.25) is 4.84 Å². The lowest BCUT2D eigenvalue weighted by molar-refractivity contribution is -0.145. The van der Waals surface area contributed by atoms with E-state index >= 15 is 0 Å². The molecule has 11 heteroatoms. The second-order valence-electron chi connectivity index (χ2n) is 8.85. The van der Waals surface area contributed by atoms with Crippen LogP contribution in [-0.2, 0) is 21.3 Å². The number of phenols is 1. The summed E-state index contributed by atoms with van der Waals surface area (Å²) in [5, 5.41) is 23.5. The predicted octanol–water partition coefficient (Wildman–Crippen LogP) is 3.61. The van der Waals surface area contributed by atoms with E-state index in [-0.39, 0.29) is 28.9 Å². The Morgan fingerprint density at radius 1 is 1.08 bits per heavy atom. The van der Waals surface area contributed by atoms with Crippen molar-refractivity contribution in [1.82, 2.24) is 9.79 Å². The fourth-order valence-corrected chi connectivity index (χ4v) is 5.42. The van der Waals surface area contributed by atoms with Crippen LogP contribution in [-0.4, -0.2) is 54.0 Å². The number of carbonyl (C=O) groups is 1. The van der Waals surface area contributed by atoms with Gasteiger partial charge in [-0.15, -0.1) is 0 Å². The van der Waals surface area contributed by atoms with Gasteiger partial charge in [0.2, 0.25) is 0 Å². The molecule has 0 aliphatic heterocycles. The van der Waals surface area contributed by atoms with Gasteiger partial charge in [0.15, 0.2) is 5.75 Å². The van der Waals surface area contributed by atoms with Crippen molar-refractivity contribution < 1.29 is 37.4 Å². The third-order valence-electron chi connectivity index (χ3n) is 6.08. The van der Waals surface area contributed by atoms with Gasteiger partial charge in [0.25, 0.3) is 10.0 Å². The summed E-state index contributed by atoms with van der Waals surface area (Å²) >= 11 is 0. The van der Waals surface area contributed by atoms with Gasteiger partial charge in [0.05, 0.1) is 36.0 Å². The topological polar surface area (TPSA) is 139 Å². The minimum absolute atomic E-state index is 0.0782. The monoisotopic (exact) mass is 530 g/mol. The quantitative estimate of drug-likeness (QED) is 0.320. The van der Waals surface area contributed by atoms with Crippen molar-refractivity contribution >= 4 is 16.1 Å². The van der Waals surface area contributed by atoms with Gasteiger partial charge in [-0.1, -0.05) is 47.6 Å². The number of carbonyl (C=O) groups excluding carboxylic acids is 1. The van der Waals surface area contributed by atoms with Crippen molar-refractivity contribution in [2.24, 2.45) is 0 Å². The minimum Gasteiger partial charge on any atom is -0.508 e. The first kappa shape index (κ1) is 26.7. The first-order valence-electron chi connectivity index (χ1n) is 12.0. The summed E-state index contributed by atoms with van der Waals surface area (Å²) in [5.41, 5.74) is 0.819. The fourth-order valence-electron chi connectivity index (χ4n) is 4.12. The molecule has 1 amide bonds. The van der Waals surface area contributed by atoms with Crippen LogP contribution in [0.1, 0.15) is 31.2 Å². The van der Waals surface area contributed by atoms with Crippen LogP contribution >= 0.6 is 0 Å². The highest BCUT2D eigenvalue weighted by atomic mass is 32.2. The zero-order valence-electron chi connectivity index (χ0n) is 20.1. The molecule has 1 fully saturated rings. The lowest BCUT2D eigenvalue weighted by Gasteiger charge is -2.30. The molecule has 0 unspecified atom stereocenters. The molecule has 0 radical (unpaired) electrons. The molecule has 37 heavy (non-hydrogen) atoms. The first-order chi connectivity index (χ1) is 17.8. The van der Waals surface area contributed by atoms with Crippen LogP contribution in [0.4, 0.5) is 4.79 Å². The number of amides is 1. The van der Waals surface area contributed by atoms with Crippen LogP contribution < -0.4 is 10.1 Å².